The van der Waals surface area contributed by atoms with Crippen molar-refractivity contribution in [3.05, 3.63) is 33.8 Å². The van der Waals surface area contributed by atoms with Gasteiger partial charge in [-0.25, -0.2) is 0 Å². The zero-order valence-electron chi connectivity index (χ0n) is 9.34. The minimum absolute atomic E-state index is 0.0265. The van der Waals surface area contributed by atoms with E-state index in [-0.39, 0.29) is 6.04 Å². The summed E-state index contributed by atoms with van der Waals surface area (Å²) in [5.74, 6) is 6.41. The standard InChI is InChI=1S/C11H16Cl2N2S/c1-7(2)16-6-11(15-14)9-5-8(12)3-4-10(9)13/h3-5,7,11,15H,6,14H2,1-2H3. The molecule has 5 heteroatoms. The van der Waals surface area contributed by atoms with Crippen molar-refractivity contribution >= 4 is 35.0 Å². The summed E-state index contributed by atoms with van der Waals surface area (Å²) in [6.45, 7) is 4.30. The third kappa shape index (κ3) is 4.15. The van der Waals surface area contributed by atoms with Gasteiger partial charge in [0.2, 0.25) is 0 Å². The van der Waals surface area contributed by atoms with Gasteiger partial charge in [-0.2, -0.15) is 11.8 Å². The van der Waals surface area contributed by atoms with Crippen molar-refractivity contribution in [1.29, 1.82) is 0 Å². The molecule has 0 fully saturated rings. The summed E-state index contributed by atoms with van der Waals surface area (Å²) in [5.41, 5.74) is 3.73. The number of rotatable bonds is 5. The zero-order valence-corrected chi connectivity index (χ0v) is 11.7. The third-order valence-corrected chi connectivity index (χ3v) is 3.90. The Labute approximate surface area is 111 Å². The van der Waals surface area contributed by atoms with Crippen molar-refractivity contribution in [2.45, 2.75) is 25.1 Å². The van der Waals surface area contributed by atoms with Gasteiger partial charge >= 0.3 is 0 Å². The summed E-state index contributed by atoms with van der Waals surface area (Å²) in [6, 6.07) is 5.45. The second-order valence-corrected chi connectivity index (χ2v) is 6.22. The Morgan fingerprint density at radius 1 is 1.38 bits per heavy atom. The van der Waals surface area contributed by atoms with Crippen LogP contribution in [0, 0.1) is 0 Å². The summed E-state index contributed by atoms with van der Waals surface area (Å²) >= 11 is 13.9. The molecule has 0 aromatic heterocycles. The number of hydrazine groups is 1. The van der Waals surface area contributed by atoms with Crippen LogP contribution in [0.5, 0.6) is 0 Å². The predicted molar refractivity (Wildman–Crippen MR) is 74.1 cm³/mol. The highest BCUT2D eigenvalue weighted by Gasteiger charge is 2.14. The first kappa shape index (κ1) is 14.1. The lowest BCUT2D eigenvalue weighted by Gasteiger charge is -2.18. The van der Waals surface area contributed by atoms with Crippen LogP contribution in [0.4, 0.5) is 0 Å². The van der Waals surface area contributed by atoms with Crippen LogP contribution in [-0.4, -0.2) is 11.0 Å². The minimum atomic E-state index is 0.0265. The highest BCUT2D eigenvalue weighted by Crippen LogP contribution is 2.28. The smallest absolute Gasteiger partial charge is 0.0565 e. The van der Waals surface area contributed by atoms with Crippen molar-refractivity contribution in [3.63, 3.8) is 0 Å². The molecule has 0 aliphatic carbocycles. The molecule has 0 saturated heterocycles. The van der Waals surface area contributed by atoms with Gasteiger partial charge in [0.1, 0.15) is 0 Å². The number of nitrogens with two attached hydrogens (primary N) is 1. The van der Waals surface area contributed by atoms with Crippen LogP contribution in [0.3, 0.4) is 0 Å². The Morgan fingerprint density at radius 3 is 2.62 bits per heavy atom. The largest absolute Gasteiger partial charge is 0.271 e. The molecular weight excluding hydrogens is 263 g/mol. The van der Waals surface area contributed by atoms with E-state index in [0.717, 1.165) is 11.3 Å². The molecule has 0 aliphatic rings. The molecule has 0 spiro atoms. The Kier molecular flexibility index (Phi) is 5.94. The SMILES string of the molecule is CC(C)SCC(NN)c1cc(Cl)ccc1Cl. The van der Waals surface area contributed by atoms with E-state index in [9.17, 15) is 0 Å². The highest BCUT2D eigenvalue weighted by atomic mass is 35.5. The van der Waals surface area contributed by atoms with Gasteiger partial charge in [-0.3, -0.25) is 11.3 Å². The van der Waals surface area contributed by atoms with Crippen LogP contribution in [0.2, 0.25) is 10.0 Å². The maximum absolute atomic E-state index is 6.12. The maximum Gasteiger partial charge on any atom is 0.0565 e. The molecule has 1 rings (SSSR count). The second kappa shape index (κ2) is 6.72. The predicted octanol–water partition coefficient (Wildman–Crippen LogP) is 3.64. The molecule has 0 saturated carbocycles. The first-order chi connectivity index (χ1) is 7.54. The molecule has 0 aliphatic heterocycles. The minimum Gasteiger partial charge on any atom is -0.271 e. The molecule has 3 N–H and O–H groups in total. The first-order valence-corrected chi connectivity index (χ1v) is 6.87. The van der Waals surface area contributed by atoms with Gasteiger partial charge in [0.05, 0.1) is 6.04 Å². The molecular formula is C11H16Cl2N2S. The molecule has 0 amide bonds. The molecule has 0 radical (unpaired) electrons. The zero-order chi connectivity index (χ0) is 12.1. The lowest BCUT2D eigenvalue weighted by atomic mass is 10.1. The Bertz CT molecular complexity index is 345. The monoisotopic (exact) mass is 278 g/mol. The van der Waals surface area contributed by atoms with Crippen molar-refractivity contribution in [3.8, 4) is 0 Å². The quantitative estimate of drug-likeness (QED) is 0.638. The van der Waals surface area contributed by atoms with E-state index in [0.29, 0.717) is 15.3 Å². The summed E-state index contributed by atoms with van der Waals surface area (Å²) in [4.78, 5) is 0. The van der Waals surface area contributed by atoms with Crippen LogP contribution < -0.4 is 11.3 Å². The first-order valence-electron chi connectivity index (χ1n) is 5.07. The molecule has 90 valence electrons. The van der Waals surface area contributed by atoms with E-state index in [1.807, 2.05) is 17.8 Å². The normalized spacial score (nSPS) is 13.1. The summed E-state index contributed by atoms with van der Waals surface area (Å²) in [7, 11) is 0. The van der Waals surface area contributed by atoms with Crippen molar-refractivity contribution in [2.24, 2.45) is 5.84 Å². The van der Waals surface area contributed by atoms with Crippen LogP contribution in [0.25, 0.3) is 0 Å². The average Bonchev–Trinajstić information content (AvgIpc) is 2.23. The third-order valence-electron chi connectivity index (χ3n) is 2.13. The molecule has 2 nitrogen and oxygen atoms in total. The van der Waals surface area contributed by atoms with Crippen LogP contribution in [-0.2, 0) is 0 Å². The lowest BCUT2D eigenvalue weighted by molar-refractivity contribution is 0.610. The van der Waals surface area contributed by atoms with Gasteiger partial charge < -0.3 is 0 Å². The van der Waals surface area contributed by atoms with Crippen LogP contribution in [0.1, 0.15) is 25.5 Å². The molecule has 1 unspecified atom stereocenters. The highest BCUT2D eigenvalue weighted by molar-refractivity contribution is 7.99. The number of nitrogens with one attached hydrogen (secondary N) is 1. The number of benzene rings is 1. The molecule has 1 aromatic rings. The van der Waals surface area contributed by atoms with Gasteiger partial charge in [-0.15, -0.1) is 0 Å². The van der Waals surface area contributed by atoms with E-state index in [4.69, 9.17) is 29.0 Å². The van der Waals surface area contributed by atoms with Crippen molar-refractivity contribution in [1.82, 2.24) is 5.43 Å². The topological polar surface area (TPSA) is 38.0 Å². The van der Waals surface area contributed by atoms with Crippen LogP contribution >= 0.6 is 35.0 Å². The second-order valence-electron chi connectivity index (χ2n) is 3.77. The summed E-state index contributed by atoms with van der Waals surface area (Å²) in [5, 5.41) is 1.93. The van der Waals surface area contributed by atoms with E-state index >= 15 is 0 Å². The average molecular weight is 279 g/mol. The van der Waals surface area contributed by atoms with Crippen molar-refractivity contribution in [2.75, 3.05) is 5.75 Å². The molecule has 16 heavy (non-hydrogen) atoms. The fourth-order valence-electron chi connectivity index (χ4n) is 1.30. The molecule has 1 atom stereocenters. The van der Waals surface area contributed by atoms with E-state index in [1.54, 1.807) is 12.1 Å². The Balaban J connectivity index is 2.81. The van der Waals surface area contributed by atoms with Gasteiger partial charge in [0, 0.05) is 15.8 Å². The maximum atomic E-state index is 6.12. The fourth-order valence-corrected chi connectivity index (χ4v) is 2.58. The van der Waals surface area contributed by atoms with E-state index in [2.05, 4.69) is 19.3 Å². The Morgan fingerprint density at radius 2 is 2.06 bits per heavy atom. The fraction of sp³-hybridized carbons (Fsp3) is 0.455. The lowest BCUT2D eigenvalue weighted by Crippen LogP contribution is -2.30. The van der Waals surface area contributed by atoms with Gasteiger partial charge in [0.25, 0.3) is 0 Å². The van der Waals surface area contributed by atoms with E-state index < -0.39 is 0 Å². The van der Waals surface area contributed by atoms with Gasteiger partial charge in [-0.05, 0) is 29.0 Å². The molecule has 1 aromatic carbocycles. The number of hydrogen-bond acceptors (Lipinski definition) is 3. The molecule has 0 heterocycles. The van der Waals surface area contributed by atoms with Crippen molar-refractivity contribution < 1.29 is 0 Å². The summed E-state index contributed by atoms with van der Waals surface area (Å²) < 4.78 is 0. The van der Waals surface area contributed by atoms with Gasteiger partial charge in [-0.1, -0.05) is 37.0 Å². The molecule has 0 bridgehead atoms. The number of hydrogen-bond donors (Lipinski definition) is 2. The van der Waals surface area contributed by atoms with Crippen LogP contribution in [0.15, 0.2) is 18.2 Å². The number of thioether (sulfide) groups is 1. The Hall–Kier alpha value is 0.0700. The van der Waals surface area contributed by atoms with Gasteiger partial charge in [0.15, 0.2) is 0 Å². The number of halogens is 2. The summed E-state index contributed by atoms with van der Waals surface area (Å²) in [6.07, 6.45) is 0. The van der Waals surface area contributed by atoms with E-state index in [1.165, 1.54) is 0 Å².